The lowest BCUT2D eigenvalue weighted by Gasteiger charge is -2.28. The zero-order valence-corrected chi connectivity index (χ0v) is 34.4. The Morgan fingerprint density at radius 2 is 0.733 bits per heavy atom. The molecule has 2 aromatic heterocycles. The van der Waals surface area contributed by atoms with E-state index in [9.17, 15) is 0 Å². The van der Waals surface area contributed by atoms with E-state index in [1.54, 1.807) is 0 Å². The van der Waals surface area contributed by atoms with Crippen LogP contribution in [0.1, 0.15) is 25.0 Å². The third kappa shape index (κ3) is 3.85. The minimum Gasteiger partial charge on any atom is -0.309 e. The number of hydrogen-bond acceptors (Lipinski definition) is 0. The summed E-state index contributed by atoms with van der Waals surface area (Å²) in [7, 11) is -2.60. The zero-order valence-electron chi connectivity index (χ0n) is 33.4. The smallest absolute Gasteiger partial charge is 0.182 e. The molecule has 0 saturated carbocycles. The van der Waals surface area contributed by atoms with Gasteiger partial charge in [0.25, 0.3) is 0 Å². The van der Waals surface area contributed by atoms with Crippen molar-refractivity contribution < 1.29 is 0 Å². The van der Waals surface area contributed by atoms with Gasteiger partial charge in [0.15, 0.2) is 8.07 Å². The molecule has 1 aliphatic carbocycles. The molecule has 0 fully saturated rings. The fourth-order valence-corrected chi connectivity index (χ4v) is 17.7. The summed E-state index contributed by atoms with van der Waals surface area (Å²) in [5.41, 5.74) is 18.3. The Labute approximate surface area is 349 Å². The van der Waals surface area contributed by atoms with Crippen LogP contribution in [0.5, 0.6) is 0 Å². The summed E-state index contributed by atoms with van der Waals surface area (Å²) in [4.78, 5) is 0. The number of nitrogens with zero attached hydrogens (tertiary/aromatic N) is 2. The second kappa shape index (κ2) is 11.3. The summed E-state index contributed by atoms with van der Waals surface area (Å²) in [6.07, 6.45) is 0. The van der Waals surface area contributed by atoms with Gasteiger partial charge in [0.1, 0.15) is 0 Å². The molecule has 0 unspecified atom stereocenters. The van der Waals surface area contributed by atoms with Crippen molar-refractivity contribution in [2.45, 2.75) is 19.3 Å². The fourth-order valence-electron chi connectivity index (χ4n) is 12.0. The van der Waals surface area contributed by atoms with Crippen LogP contribution < -0.4 is 20.7 Å². The van der Waals surface area contributed by atoms with Crippen molar-refractivity contribution in [3.63, 3.8) is 0 Å². The Balaban J connectivity index is 1.04. The summed E-state index contributed by atoms with van der Waals surface area (Å²) < 4.78 is 5.05. The van der Waals surface area contributed by atoms with Gasteiger partial charge in [-0.3, -0.25) is 0 Å². The van der Waals surface area contributed by atoms with E-state index >= 15 is 0 Å². The number of rotatable bonds is 2. The Morgan fingerprint density at radius 3 is 1.30 bits per heavy atom. The van der Waals surface area contributed by atoms with Gasteiger partial charge in [-0.1, -0.05) is 159 Å². The average Bonchev–Trinajstić information content (AvgIpc) is 4.04. The van der Waals surface area contributed by atoms with E-state index in [4.69, 9.17) is 0 Å². The summed E-state index contributed by atoms with van der Waals surface area (Å²) in [6, 6.07) is 74.1. The first-order chi connectivity index (χ1) is 29.5. The van der Waals surface area contributed by atoms with Gasteiger partial charge in [-0.2, -0.15) is 0 Å². The second-order valence-electron chi connectivity index (χ2n) is 17.6. The number of aromatic nitrogens is 2. The standard InChI is InChI=1S/C57H38N2Si/c1-57(2)47-21-9-3-15-37(47)38-29-27-35(31-48(38)57)58-49-22-10-4-16-39(49)45-34-52-46(33-51(45)58)40-17-5-11-23-50(40)59(52)36-28-30-44-43-20-8-14-26-55(43)60(56(44)32-36)53-24-12-6-18-41(53)42-19-7-13-25-54(42)60/h3-34H,1-2H3. The van der Waals surface area contributed by atoms with Crippen LogP contribution in [0.25, 0.3) is 88.4 Å². The Kier molecular flexibility index (Phi) is 6.16. The van der Waals surface area contributed by atoms with Gasteiger partial charge in [-0.05, 0) is 114 Å². The predicted octanol–water partition coefficient (Wildman–Crippen LogP) is 11.5. The number of fused-ring (bicyclic) bond motifs is 19. The van der Waals surface area contributed by atoms with Crippen LogP contribution in [0.4, 0.5) is 0 Å². The first kappa shape index (κ1) is 32.7. The highest BCUT2D eigenvalue weighted by atomic mass is 28.3. The minimum atomic E-state index is -2.60. The molecule has 280 valence electrons. The SMILES string of the molecule is CC1(C)c2ccccc2-c2ccc(-n3c4ccccc4c4cc5c(cc43)c3ccccc3n5-c3ccc4c(c3)[Si]3(c5ccccc5-c5ccccc53)c3ccccc3-4)cc21. The third-order valence-corrected chi connectivity index (χ3v) is 19.5. The summed E-state index contributed by atoms with van der Waals surface area (Å²) in [6.45, 7) is 4.75. The lowest BCUT2D eigenvalue weighted by molar-refractivity contribution is 0.660. The first-order valence-electron chi connectivity index (χ1n) is 21.2. The van der Waals surface area contributed by atoms with E-state index in [0.717, 1.165) is 0 Å². The van der Waals surface area contributed by atoms with Crippen molar-refractivity contribution in [2.24, 2.45) is 0 Å². The predicted molar refractivity (Wildman–Crippen MR) is 254 cm³/mol. The number of benzene rings is 9. The molecule has 0 N–H and O–H groups in total. The molecule has 9 aromatic carbocycles. The van der Waals surface area contributed by atoms with Crippen LogP contribution in [0.3, 0.4) is 0 Å². The van der Waals surface area contributed by atoms with Crippen LogP contribution in [0.2, 0.25) is 0 Å². The van der Waals surface area contributed by atoms with Gasteiger partial charge in [-0.25, -0.2) is 0 Å². The van der Waals surface area contributed by atoms with Gasteiger partial charge in [0.05, 0.1) is 22.1 Å². The third-order valence-electron chi connectivity index (χ3n) is 14.5. The Morgan fingerprint density at radius 1 is 0.317 bits per heavy atom. The number of hydrogen-bond donors (Lipinski definition) is 0. The normalized spacial score (nSPS) is 14.8. The van der Waals surface area contributed by atoms with Gasteiger partial charge >= 0.3 is 0 Å². The van der Waals surface area contributed by atoms with Crippen LogP contribution in [0, 0.1) is 0 Å². The average molecular weight is 779 g/mol. The number of para-hydroxylation sites is 2. The van der Waals surface area contributed by atoms with Gasteiger partial charge in [0, 0.05) is 38.3 Å². The molecule has 3 heteroatoms. The largest absolute Gasteiger partial charge is 0.309 e. The van der Waals surface area contributed by atoms with E-state index in [1.165, 1.54) is 120 Å². The lowest BCUT2D eigenvalue weighted by atomic mass is 9.82. The summed E-state index contributed by atoms with van der Waals surface area (Å²) in [5.74, 6) is 0. The lowest BCUT2D eigenvalue weighted by Crippen LogP contribution is -2.70. The monoisotopic (exact) mass is 778 g/mol. The van der Waals surface area contributed by atoms with Crippen LogP contribution in [-0.4, -0.2) is 17.2 Å². The van der Waals surface area contributed by atoms with E-state index < -0.39 is 8.07 Å². The molecule has 1 spiro atoms. The summed E-state index contributed by atoms with van der Waals surface area (Å²) >= 11 is 0. The van der Waals surface area contributed by atoms with Gasteiger partial charge in [0.2, 0.25) is 0 Å². The highest BCUT2D eigenvalue weighted by molar-refractivity contribution is 7.24. The van der Waals surface area contributed by atoms with Crippen LogP contribution in [-0.2, 0) is 5.41 Å². The molecule has 2 aliphatic heterocycles. The Bertz CT molecular complexity index is 3640. The minimum absolute atomic E-state index is 0.0806. The van der Waals surface area contributed by atoms with E-state index in [2.05, 4.69) is 217 Å². The molecule has 11 aromatic rings. The van der Waals surface area contributed by atoms with E-state index in [0.29, 0.717) is 0 Å². The highest BCUT2D eigenvalue weighted by Crippen LogP contribution is 2.50. The maximum absolute atomic E-state index is 2.60. The van der Waals surface area contributed by atoms with Crippen molar-refractivity contribution in [1.29, 1.82) is 0 Å². The molecular weight excluding hydrogens is 741 g/mol. The van der Waals surface area contributed by atoms with Crippen molar-refractivity contribution in [3.05, 3.63) is 205 Å². The first-order valence-corrected chi connectivity index (χ1v) is 23.2. The van der Waals surface area contributed by atoms with Crippen LogP contribution in [0.15, 0.2) is 194 Å². The molecule has 0 radical (unpaired) electrons. The van der Waals surface area contributed by atoms with Crippen LogP contribution >= 0.6 is 0 Å². The molecule has 0 amide bonds. The zero-order chi connectivity index (χ0) is 39.5. The molecular formula is C57H38N2Si. The quantitative estimate of drug-likeness (QED) is 0.155. The fraction of sp³-hybridized carbons (Fsp3) is 0.0526. The van der Waals surface area contributed by atoms with E-state index in [1.807, 2.05) is 0 Å². The van der Waals surface area contributed by atoms with Crippen molar-refractivity contribution >= 4 is 72.4 Å². The van der Waals surface area contributed by atoms with E-state index in [-0.39, 0.29) is 5.41 Å². The molecule has 3 aliphatic rings. The molecule has 4 heterocycles. The van der Waals surface area contributed by atoms with Crippen molar-refractivity contribution in [2.75, 3.05) is 0 Å². The topological polar surface area (TPSA) is 9.86 Å². The molecule has 0 bridgehead atoms. The maximum atomic E-state index is 2.57. The van der Waals surface area contributed by atoms with Crippen molar-refractivity contribution in [1.82, 2.24) is 9.13 Å². The maximum Gasteiger partial charge on any atom is 0.182 e. The highest BCUT2D eigenvalue weighted by Gasteiger charge is 2.54. The molecule has 0 atom stereocenters. The second-order valence-corrected chi connectivity index (χ2v) is 21.3. The summed E-state index contributed by atoms with van der Waals surface area (Å²) in [5, 5.41) is 11.1. The molecule has 14 rings (SSSR count). The molecule has 0 saturated heterocycles. The van der Waals surface area contributed by atoms with Gasteiger partial charge in [-0.15, -0.1) is 0 Å². The molecule has 60 heavy (non-hydrogen) atoms. The van der Waals surface area contributed by atoms with Crippen molar-refractivity contribution in [3.8, 4) is 44.8 Å². The Hall–Kier alpha value is -7.20. The molecule has 2 nitrogen and oxygen atoms in total. The van der Waals surface area contributed by atoms with Gasteiger partial charge < -0.3 is 9.13 Å².